The molecule has 1 aromatic carbocycles. The molecule has 104 valence electrons. The van der Waals surface area contributed by atoms with Crippen LogP contribution in [0.15, 0.2) is 22.6 Å². The second kappa shape index (κ2) is 5.09. The smallest absolute Gasteiger partial charge is 0.292 e. The van der Waals surface area contributed by atoms with E-state index in [0.717, 1.165) is 22.0 Å². The first-order valence-electron chi connectivity index (χ1n) is 6.34. The molecule has 3 rings (SSSR count). The molecule has 0 aliphatic carbocycles. The monoisotopic (exact) mass is 289 g/mol. The Morgan fingerprint density at radius 3 is 2.95 bits per heavy atom. The largest absolute Gasteiger partial charge is 0.424 e. The van der Waals surface area contributed by atoms with Gasteiger partial charge in [0.05, 0.1) is 0 Å². The Bertz CT molecular complexity index is 733. The van der Waals surface area contributed by atoms with Crippen molar-refractivity contribution in [1.82, 2.24) is 14.3 Å². The molecule has 20 heavy (non-hydrogen) atoms. The van der Waals surface area contributed by atoms with Gasteiger partial charge in [0.1, 0.15) is 11.3 Å². The summed E-state index contributed by atoms with van der Waals surface area (Å²) >= 11 is 1.38. The highest BCUT2D eigenvalue weighted by molar-refractivity contribution is 7.09. The van der Waals surface area contributed by atoms with Gasteiger partial charge >= 0.3 is 0 Å². The van der Waals surface area contributed by atoms with Crippen LogP contribution in [0.3, 0.4) is 0 Å². The topological polar surface area (TPSA) is 89.9 Å². The van der Waals surface area contributed by atoms with E-state index < -0.39 is 0 Å². The lowest BCUT2D eigenvalue weighted by molar-refractivity contribution is 0.626. The summed E-state index contributed by atoms with van der Waals surface area (Å²) in [5.74, 6) is 1.22. The summed E-state index contributed by atoms with van der Waals surface area (Å²) in [5.41, 5.74) is 8.08. The highest BCUT2D eigenvalue weighted by Gasteiger charge is 2.08. The lowest BCUT2D eigenvalue weighted by Gasteiger charge is -2.02. The maximum Gasteiger partial charge on any atom is 0.292 e. The first-order valence-corrected chi connectivity index (χ1v) is 7.11. The molecule has 0 unspecified atom stereocenters. The highest BCUT2D eigenvalue weighted by atomic mass is 32.1. The van der Waals surface area contributed by atoms with E-state index in [1.165, 1.54) is 11.5 Å². The van der Waals surface area contributed by atoms with Crippen molar-refractivity contribution in [3.05, 3.63) is 29.6 Å². The van der Waals surface area contributed by atoms with Gasteiger partial charge in [0, 0.05) is 24.0 Å². The van der Waals surface area contributed by atoms with E-state index in [2.05, 4.69) is 33.5 Å². The fourth-order valence-electron chi connectivity index (χ4n) is 1.82. The van der Waals surface area contributed by atoms with Gasteiger partial charge in [-0.2, -0.15) is 9.36 Å². The lowest BCUT2D eigenvalue weighted by Crippen LogP contribution is -1.99. The number of hydrogen-bond acceptors (Lipinski definition) is 7. The van der Waals surface area contributed by atoms with Crippen molar-refractivity contribution in [1.29, 1.82) is 0 Å². The quantitative estimate of drug-likeness (QED) is 0.767. The van der Waals surface area contributed by atoms with Gasteiger partial charge in [0.15, 0.2) is 5.58 Å². The van der Waals surface area contributed by atoms with Gasteiger partial charge in [-0.05, 0) is 17.7 Å². The number of oxazole rings is 1. The molecular formula is C13H15N5OS. The van der Waals surface area contributed by atoms with Gasteiger partial charge in [-0.1, -0.05) is 19.9 Å². The van der Waals surface area contributed by atoms with Crippen LogP contribution in [-0.2, 0) is 6.54 Å². The summed E-state index contributed by atoms with van der Waals surface area (Å²) in [6.07, 6.45) is 0. The first kappa shape index (κ1) is 12.9. The third kappa shape index (κ3) is 2.57. The Labute approximate surface area is 120 Å². The van der Waals surface area contributed by atoms with E-state index in [-0.39, 0.29) is 6.01 Å². The van der Waals surface area contributed by atoms with Gasteiger partial charge < -0.3 is 15.5 Å². The van der Waals surface area contributed by atoms with Crippen molar-refractivity contribution in [2.24, 2.45) is 0 Å². The van der Waals surface area contributed by atoms with Crippen LogP contribution in [0.25, 0.3) is 11.1 Å². The van der Waals surface area contributed by atoms with E-state index >= 15 is 0 Å². The van der Waals surface area contributed by atoms with Gasteiger partial charge in [-0.25, -0.2) is 4.98 Å². The number of nitrogen functional groups attached to an aromatic ring is 1. The summed E-state index contributed by atoms with van der Waals surface area (Å²) in [6.45, 7) is 4.82. The fourth-order valence-corrected chi connectivity index (χ4v) is 2.52. The minimum Gasteiger partial charge on any atom is -0.424 e. The third-order valence-electron chi connectivity index (χ3n) is 2.87. The number of hydrogen-bond donors (Lipinski definition) is 2. The van der Waals surface area contributed by atoms with E-state index in [0.29, 0.717) is 18.0 Å². The number of nitrogens with two attached hydrogens (primary N) is 1. The molecule has 0 saturated carbocycles. The summed E-state index contributed by atoms with van der Waals surface area (Å²) in [4.78, 5) is 8.55. The Morgan fingerprint density at radius 1 is 1.35 bits per heavy atom. The van der Waals surface area contributed by atoms with E-state index in [1.54, 1.807) is 0 Å². The molecule has 3 aromatic rings. The van der Waals surface area contributed by atoms with Crippen LogP contribution in [0.5, 0.6) is 0 Å². The third-order valence-corrected chi connectivity index (χ3v) is 3.56. The zero-order valence-electron chi connectivity index (χ0n) is 11.3. The molecule has 6 nitrogen and oxygen atoms in total. The van der Waals surface area contributed by atoms with Gasteiger partial charge in [-0.15, -0.1) is 0 Å². The summed E-state index contributed by atoms with van der Waals surface area (Å²) < 4.78 is 9.55. The normalized spacial score (nSPS) is 11.3. The summed E-state index contributed by atoms with van der Waals surface area (Å²) in [7, 11) is 0. The molecule has 3 N–H and O–H groups in total. The molecule has 0 aliphatic heterocycles. The number of benzene rings is 1. The lowest BCUT2D eigenvalue weighted by atomic mass is 10.2. The van der Waals surface area contributed by atoms with Crippen LogP contribution < -0.4 is 11.1 Å². The number of nitrogens with zero attached hydrogens (tertiary/aromatic N) is 3. The number of nitrogens with one attached hydrogen (secondary N) is 1. The van der Waals surface area contributed by atoms with Crippen LogP contribution in [0.1, 0.15) is 31.2 Å². The Hall–Kier alpha value is -2.15. The van der Waals surface area contributed by atoms with Crippen molar-refractivity contribution >= 4 is 33.8 Å². The molecule has 0 fully saturated rings. The fraction of sp³-hybridized carbons (Fsp3) is 0.308. The van der Waals surface area contributed by atoms with Crippen molar-refractivity contribution in [3.8, 4) is 0 Å². The van der Waals surface area contributed by atoms with Crippen LogP contribution in [0.4, 0.5) is 11.1 Å². The highest BCUT2D eigenvalue weighted by Crippen LogP contribution is 2.20. The molecule has 2 heterocycles. The van der Waals surface area contributed by atoms with Gasteiger partial charge in [0.2, 0.25) is 5.13 Å². The maximum atomic E-state index is 5.53. The Morgan fingerprint density at radius 2 is 2.20 bits per heavy atom. The molecule has 0 aliphatic rings. The minimum atomic E-state index is 0.191. The number of rotatable bonds is 4. The van der Waals surface area contributed by atoms with Crippen LogP contribution in [-0.4, -0.2) is 14.3 Å². The van der Waals surface area contributed by atoms with E-state index in [4.69, 9.17) is 10.2 Å². The number of fused-ring (bicyclic) bond motifs is 1. The van der Waals surface area contributed by atoms with Crippen molar-refractivity contribution in [2.75, 3.05) is 11.1 Å². The molecule has 2 aromatic heterocycles. The zero-order valence-corrected chi connectivity index (χ0v) is 12.1. The molecule has 7 heteroatoms. The molecule has 0 bridgehead atoms. The number of anilines is 2. The second-order valence-electron chi connectivity index (χ2n) is 4.82. The SMILES string of the molecule is CC(C)c1nsc(NCc2ccc3oc(N)nc3c2)n1. The van der Waals surface area contributed by atoms with Crippen molar-refractivity contribution in [3.63, 3.8) is 0 Å². The summed E-state index contributed by atoms with van der Waals surface area (Å²) in [5, 5.41) is 4.09. The van der Waals surface area contributed by atoms with E-state index in [1.807, 2.05) is 18.2 Å². The van der Waals surface area contributed by atoms with Gasteiger partial charge in [0.25, 0.3) is 6.01 Å². The van der Waals surface area contributed by atoms with Crippen molar-refractivity contribution < 1.29 is 4.42 Å². The first-order chi connectivity index (χ1) is 9.61. The average Bonchev–Trinajstić information content (AvgIpc) is 3.00. The molecule has 0 atom stereocenters. The van der Waals surface area contributed by atoms with Crippen molar-refractivity contribution in [2.45, 2.75) is 26.3 Å². The average molecular weight is 289 g/mol. The van der Waals surface area contributed by atoms with E-state index in [9.17, 15) is 0 Å². The maximum absolute atomic E-state index is 5.53. The Kier molecular flexibility index (Phi) is 3.27. The zero-order chi connectivity index (χ0) is 14.1. The minimum absolute atomic E-state index is 0.191. The summed E-state index contributed by atoms with van der Waals surface area (Å²) in [6, 6.07) is 5.99. The molecule has 0 radical (unpaired) electrons. The van der Waals surface area contributed by atoms with Crippen LogP contribution >= 0.6 is 11.5 Å². The van der Waals surface area contributed by atoms with Crippen LogP contribution in [0.2, 0.25) is 0 Å². The number of aromatic nitrogens is 3. The predicted octanol–water partition coefficient (Wildman–Crippen LogP) is 3.00. The van der Waals surface area contributed by atoms with Crippen LogP contribution in [0, 0.1) is 0 Å². The molecule has 0 amide bonds. The van der Waals surface area contributed by atoms with Gasteiger partial charge in [-0.3, -0.25) is 0 Å². The second-order valence-corrected chi connectivity index (χ2v) is 5.57. The molecule has 0 saturated heterocycles. The molecule has 0 spiro atoms. The standard InChI is InChI=1S/C13H15N5OS/c1-7(2)11-17-13(20-18-11)15-6-8-3-4-10-9(5-8)16-12(14)19-10/h3-5,7H,6H2,1-2H3,(H2,14,16)(H,15,17,18). The molecular weight excluding hydrogens is 274 g/mol. The Balaban J connectivity index is 1.72. The predicted molar refractivity (Wildman–Crippen MR) is 79.7 cm³/mol.